The zero-order valence-electron chi connectivity index (χ0n) is 29.1. The van der Waals surface area contributed by atoms with Crippen LogP contribution in [0.5, 0.6) is 11.6 Å². The number of nitrogens with one attached hydrogen (secondary N) is 2. The second kappa shape index (κ2) is 13.3. The number of imidazole rings is 1. The molecule has 0 saturated heterocycles. The molecule has 0 saturated carbocycles. The molecule has 0 bridgehead atoms. The first-order chi connectivity index (χ1) is 24.1. The summed E-state index contributed by atoms with van der Waals surface area (Å²) >= 11 is 0. The number of carbonyl (C=O) groups is 2. The topological polar surface area (TPSA) is 127 Å². The molecule has 12 heteroatoms. The van der Waals surface area contributed by atoms with Gasteiger partial charge in [0.1, 0.15) is 5.69 Å². The highest BCUT2D eigenvalue weighted by Gasteiger charge is 2.27. The number of hydrogen-bond donors (Lipinski definition) is 2. The van der Waals surface area contributed by atoms with Crippen LogP contribution in [-0.2, 0) is 26.6 Å². The second-order valence-corrected chi connectivity index (χ2v) is 12.9. The lowest BCUT2D eigenvalue weighted by Gasteiger charge is -2.29. The Balaban J connectivity index is 1.07. The SMILES string of the molecule is COc1cc(N2Cc3cnc(C(=O)Nc4cccc(-c5cccc(NC(=O)c6nc7c(n6C)CCN(C(C)C)C7)c5C)c4C)cc3O2)ccn1. The van der Waals surface area contributed by atoms with Gasteiger partial charge in [-0.2, -0.15) is 0 Å². The Hall–Kier alpha value is -5.75. The Morgan fingerprint density at radius 2 is 1.62 bits per heavy atom. The van der Waals surface area contributed by atoms with Crippen LogP contribution in [0.1, 0.15) is 63.0 Å². The molecule has 0 radical (unpaired) electrons. The maximum absolute atomic E-state index is 13.6. The highest BCUT2D eigenvalue weighted by Crippen LogP contribution is 2.35. The summed E-state index contributed by atoms with van der Waals surface area (Å²) in [7, 11) is 3.48. The minimum absolute atomic E-state index is 0.233. The molecule has 2 aromatic carbocycles. The first kappa shape index (κ1) is 32.8. The lowest BCUT2D eigenvalue weighted by molar-refractivity contribution is 0.100. The van der Waals surface area contributed by atoms with Gasteiger partial charge in [0.2, 0.25) is 5.88 Å². The van der Waals surface area contributed by atoms with Crippen molar-refractivity contribution in [1.29, 1.82) is 0 Å². The average molecular weight is 673 g/mol. The molecule has 0 spiro atoms. The first-order valence-corrected chi connectivity index (χ1v) is 16.7. The maximum atomic E-state index is 13.6. The number of fused-ring (bicyclic) bond motifs is 2. The van der Waals surface area contributed by atoms with Crippen molar-refractivity contribution < 1.29 is 19.2 Å². The van der Waals surface area contributed by atoms with E-state index in [0.717, 1.165) is 64.4 Å². The van der Waals surface area contributed by atoms with Gasteiger partial charge in [0, 0.05) is 79.8 Å². The smallest absolute Gasteiger partial charge is 0.291 e. The van der Waals surface area contributed by atoms with E-state index >= 15 is 0 Å². The predicted molar refractivity (Wildman–Crippen MR) is 192 cm³/mol. The third-order valence-corrected chi connectivity index (χ3v) is 9.59. The lowest BCUT2D eigenvalue weighted by Crippen LogP contribution is -2.36. The lowest BCUT2D eigenvalue weighted by atomic mass is 9.94. The highest BCUT2D eigenvalue weighted by atomic mass is 16.7. The number of hydrogen-bond acceptors (Lipinski definition) is 9. The third kappa shape index (κ3) is 6.14. The first-order valence-electron chi connectivity index (χ1n) is 16.7. The van der Waals surface area contributed by atoms with Gasteiger partial charge in [-0.25, -0.2) is 15.0 Å². The Morgan fingerprint density at radius 3 is 2.30 bits per heavy atom. The van der Waals surface area contributed by atoms with Gasteiger partial charge in [-0.3, -0.25) is 19.5 Å². The summed E-state index contributed by atoms with van der Waals surface area (Å²) in [5, 5.41) is 7.85. The van der Waals surface area contributed by atoms with Crippen molar-refractivity contribution in [1.82, 2.24) is 24.4 Å². The van der Waals surface area contributed by atoms with E-state index < -0.39 is 0 Å². The third-order valence-electron chi connectivity index (χ3n) is 9.59. The molecule has 256 valence electrons. The van der Waals surface area contributed by atoms with Gasteiger partial charge in [-0.15, -0.1) is 0 Å². The Kier molecular flexibility index (Phi) is 8.71. The second-order valence-electron chi connectivity index (χ2n) is 12.9. The van der Waals surface area contributed by atoms with E-state index in [0.29, 0.717) is 41.4 Å². The van der Waals surface area contributed by atoms with E-state index in [2.05, 4.69) is 39.3 Å². The summed E-state index contributed by atoms with van der Waals surface area (Å²) in [6, 6.07) is 17.3. The number of methoxy groups -OCH3 is 1. The molecule has 12 nitrogen and oxygen atoms in total. The van der Waals surface area contributed by atoms with E-state index in [1.807, 2.05) is 67.9 Å². The van der Waals surface area contributed by atoms with Crippen molar-refractivity contribution in [2.24, 2.45) is 7.05 Å². The fourth-order valence-corrected chi connectivity index (χ4v) is 6.59. The zero-order valence-corrected chi connectivity index (χ0v) is 29.1. The molecular weight excluding hydrogens is 632 g/mol. The maximum Gasteiger partial charge on any atom is 0.291 e. The van der Waals surface area contributed by atoms with Crippen molar-refractivity contribution >= 4 is 28.9 Å². The number of nitrogens with zero attached hydrogens (tertiary/aromatic N) is 6. The minimum Gasteiger partial charge on any atom is -0.481 e. The van der Waals surface area contributed by atoms with E-state index in [4.69, 9.17) is 14.6 Å². The molecule has 3 aromatic heterocycles. The molecule has 0 aliphatic carbocycles. The number of pyridine rings is 2. The van der Waals surface area contributed by atoms with Crippen LogP contribution in [0, 0.1) is 13.8 Å². The largest absolute Gasteiger partial charge is 0.481 e. The van der Waals surface area contributed by atoms with Gasteiger partial charge in [-0.1, -0.05) is 24.3 Å². The van der Waals surface area contributed by atoms with Crippen LogP contribution in [0.2, 0.25) is 0 Å². The molecule has 2 N–H and O–H groups in total. The van der Waals surface area contributed by atoms with Crippen molar-refractivity contribution in [2.75, 3.05) is 29.4 Å². The number of amides is 2. The van der Waals surface area contributed by atoms with E-state index in [1.54, 1.807) is 36.7 Å². The summed E-state index contributed by atoms with van der Waals surface area (Å²) in [6.45, 7) is 10.5. The van der Waals surface area contributed by atoms with Crippen molar-refractivity contribution in [3.8, 4) is 22.8 Å². The van der Waals surface area contributed by atoms with Crippen LogP contribution < -0.4 is 25.3 Å². The van der Waals surface area contributed by atoms with Crippen LogP contribution in [0.25, 0.3) is 11.1 Å². The molecule has 5 heterocycles. The quantitative estimate of drug-likeness (QED) is 0.201. The molecule has 7 rings (SSSR count). The molecule has 0 atom stereocenters. The summed E-state index contributed by atoms with van der Waals surface area (Å²) < 4.78 is 7.16. The molecule has 0 fully saturated rings. The summed E-state index contributed by atoms with van der Waals surface area (Å²) in [6.07, 6.45) is 4.17. The standard InChI is InChI=1S/C38H40N8O4/c1-22(2)45-16-14-33-32(21-45)41-36(44(33)5)38(48)43-30-12-8-10-28(24(30)4)27-9-7-11-29(23(27)3)42-37(47)31-18-34-25(19-40-31)20-46(50-34)26-13-15-39-35(17-26)49-6/h7-13,15,17-19,22H,14,16,20-21H2,1-6H3,(H,42,47)(H,43,48). The molecule has 0 unspecified atom stereocenters. The highest BCUT2D eigenvalue weighted by molar-refractivity contribution is 6.05. The molecule has 5 aromatic rings. The van der Waals surface area contributed by atoms with Crippen molar-refractivity contribution in [3.63, 3.8) is 0 Å². The van der Waals surface area contributed by atoms with Gasteiger partial charge in [-0.05, 0) is 68.1 Å². The van der Waals surface area contributed by atoms with E-state index in [-0.39, 0.29) is 17.5 Å². The Labute approximate surface area is 291 Å². The van der Waals surface area contributed by atoms with Crippen molar-refractivity contribution in [3.05, 3.63) is 107 Å². The normalized spacial score (nSPS) is 13.9. The van der Waals surface area contributed by atoms with Gasteiger partial charge in [0.05, 0.1) is 25.0 Å². The van der Waals surface area contributed by atoms with Crippen LogP contribution in [0.15, 0.2) is 67.0 Å². The van der Waals surface area contributed by atoms with Crippen molar-refractivity contribution in [2.45, 2.75) is 53.2 Å². The molecule has 50 heavy (non-hydrogen) atoms. The van der Waals surface area contributed by atoms with Gasteiger partial charge < -0.3 is 24.8 Å². The molecule has 2 amide bonds. The number of hydroxylamine groups is 1. The number of aromatic nitrogens is 4. The minimum atomic E-state index is -0.354. The van der Waals surface area contributed by atoms with Gasteiger partial charge in [0.15, 0.2) is 11.6 Å². The Morgan fingerprint density at radius 1 is 0.920 bits per heavy atom. The monoisotopic (exact) mass is 672 g/mol. The fraction of sp³-hybridized carbons (Fsp3) is 0.289. The fourth-order valence-electron chi connectivity index (χ4n) is 6.59. The summed E-state index contributed by atoms with van der Waals surface area (Å²) in [5.41, 5.74) is 8.98. The number of benzene rings is 2. The molecular formula is C38H40N8O4. The molecule has 2 aliphatic rings. The number of anilines is 3. The predicted octanol–water partition coefficient (Wildman–Crippen LogP) is 6.09. The van der Waals surface area contributed by atoms with Crippen LogP contribution in [0.4, 0.5) is 17.1 Å². The zero-order chi connectivity index (χ0) is 35.1. The van der Waals surface area contributed by atoms with E-state index in [9.17, 15) is 9.59 Å². The number of ether oxygens (including phenoxy) is 1. The van der Waals surface area contributed by atoms with Gasteiger partial charge in [0.25, 0.3) is 11.8 Å². The summed E-state index contributed by atoms with van der Waals surface area (Å²) in [4.78, 5) is 48.8. The average Bonchev–Trinajstić information content (AvgIpc) is 3.70. The van der Waals surface area contributed by atoms with E-state index in [1.165, 1.54) is 0 Å². The van der Waals surface area contributed by atoms with Crippen LogP contribution >= 0.6 is 0 Å². The van der Waals surface area contributed by atoms with Gasteiger partial charge >= 0.3 is 0 Å². The summed E-state index contributed by atoms with van der Waals surface area (Å²) in [5.74, 6) is 0.842. The Bertz CT molecular complexity index is 2120. The molecule has 2 aliphatic heterocycles. The van der Waals surface area contributed by atoms with Crippen LogP contribution in [0.3, 0.4) is 0 Å². The number of carbonyl (C=O) groups excluding carboxylic acids is 2. The number of rotatable bonds is 8. The van der Waals surface area contributed by atoms with Crippen LogP contribution in [-0.4, -0.2) is 55.9 Å².